The number of rotatable bonds is 3. The minimum Gasteiger partial charge on any atom is -0.462 e. The number of piperidine rings is 1. The molecule has 3 atom stereocenters. The average Bonchev–Trinajstić information content (AvgIpc) is 3.11. The normalized spacial score (nSPS) is 23.8. The summed E-state index contributed by atoms with van der Waals surface area (Å²) < 4.78 is 7.33. The molecule has 4 heterocycles. The number of ether oxygens (including phenoxy) is 1. The lowest BCUT2D eigenvalue weighted by atomic mass is 9.83. The number of nitrogens with one attached hydrogen (secondary N) is 1. The van der Waals surface area contributed by atoms with E-state index < -0.39 is 0 Å². The maximum absolute atomic E-state index is 12.8. The predicted octanol–water partition coefficient (Wildman–Crippen LogP) is 4.03. The minimum absolute atomic E-state index is 0.0869. The van der Waals surface area contributed by atoms with E-state index in [2.05, 4.69) is 23.2 Å². The van der Waals surface area contributed by atoms with Gasteiger partial charge in [0.05, 0.1) is 12.2 Å². The van der Waals surface area contributed by atoms with E-state index in [0.717, 1.165) is 61.6 Å². The van der Waals surface area contributed by atoms with Gasteiger partial charge >= 0.3 is 5.97 Å². The first-order chi connectivity index (χ1) is 15.4. The van der Waals surface area contributed by atoms with Crippen molar-refractivity contribution in [3.8, 4) is 0 Å². The zero-order chi connectivity index (χ0) is 22.4. The van der Waals surface area contributed by atoms with E-state index in [4.69, 9.17) is 17.0 Å². The molecule has 1 aliphatic carbocycles. The molecular formula is C24H29N3O3S2. The maximum Gasteiger partial charge on any atom is 0.341 e. The van der Waals surface area contributed by atoms with Gasteiger partial charge in [-0.25, -0.2) is 4.79 Å². The van der Waals surface area contributed by atoms with Crippen LogP contribution in [0.1, 0.15) is 59.1 Å². The van der Waals surface area contributed by atoms with Crippen LogP contribution < -0.4 is 10.9 Å². The first-order valence-corrected chi connectivity index (χ1v) is 12.7. The molecule has 2 aromatic rings. The van der Waals surface area contributed by atoms with Crippen LogP contribution in [0.25, 0.3) is 0 Å². The van der Waals surface area contributed by atoms with Crippen molar-refractivity contribution in [1.82, 2.24) is 9.47 Å². The Hall–Kier alpha value is -2.19. The van der Waals surface area contributed by atoms with Crippen LogP contribution in [0, 0.1) is 11.8 Å². The number of esters is 1. The zero-order valence-corrected chi connectivity index (χ0v) is 20.2. The van der Waals surface area contributed by atoms with E-state index >= 15 is 0 Å². The average molecular weight is 472 g/mol. The van der Waals surface area contributed by atoms with E-state index in [1.807, 2.05) is 17.6 Å². The molecule has 2 aliphatic heterocycles. The molecule has 2 bridgehead atoms. The molecule has 0 unspecified atom stereocenters. The number of hydrogen-bond donors (Lipinski definition) is 1. The molecule has 0 radical (unpaired) electrons. The van der Waals surface area contributed by atoms with E-state index in [9.17, 15) is 9.59 Å². The summed E-state index contributed by atoms with van der Waals surface area (Å²) in [6.07, 6.45) is 4.09. The third-order valence-electron chi connectivity index (χ3n) is 6.98. The standard InChI is InChI=1S/C24H29N3O3S2/c1-3-30-23(29)21-17-8-7-14(2)9-19(17)32-22(21)25-24(31)26-11-15-10-16(13-26)18-5-4-6-20(28)27(18)12-15/h4-6,14-16H,3,7-13H2,1-2H3,(H,25,31)/t14-,15+,16+/m0/s1. The molecular weight excluding hydrogens is 442 g/mol. The molecule has 170 valence electrons. The molecule has 5 rings (SSSR count). The number of hydrogen-bond acceptors (Lipinski definition) is 5. The molecule has 1 N–H and O–H groups in total. The predicted molar refractivity (Wildman–Crippen MR) is 131 cm³/mol. The summed E-state index contributed by atoms with van der Waals surface area (Å²) in [5.41, 5.74) is 3.01. The van der Waals surface area contributed by atoms with Crippen LogP contribution in [0.2, 0.25) is 0 Å². The molecule has 3 aliphatic rings. The number of anilines is 1. The first kappa shape index (κ1) is 21.6. The highest BCUT2D eigenvalue weighted by atomic mass is 32.1. The Balaban J connectivity index is 1.39. The highest BCUT2D eigenvalue weighted by Crippen LogP contribution is 2.41. The Labute approximate surface area is 197 Å². The van der Waals surface area contributed by atoms with Crippen molar-refractivity contribution in [2.24, 2.45) is 11.8 Å². The second kappa shape index (κ2) is 8.63. The van der Waals surface area contributed by atoms with Crippen LogP contribution in [0.3, 0.4) is 0 Å². The van der Waals surface area contributed by atoms with Gasteiger partial charge < -0.3 is 19.5 Å². The third kappa shape index (κ3) is 3.88. The molecule has 0 amide bonds. The first-order valence-electron chi connectivity index (χ1n) is 11.5. The van der Waals surface area contributed by atoms with Crippen LogP contribution in [0.5, 0.6) is 0 Å². The zero-order valence-electron chi connectivity index (χ0n) is 18.6. The van der Waals surface area contributed by atoms with Crippen LogP contribution in [0.4, 0.5) is 5.00 Å². The lowest BCUT2D eigenvalue weighted by Crippen LogP contribution is -2.50. The molecule has 1 fully saturated rings. The molecule has 2 aromatic heterocycles. The lowest BCUT2D eigenvalue weighted by Gasteiger charge is -2.43. The van der Waals surface area contributed by atoms with E-state index in [-0.39, 0.29) is 17.4 Å². The Bertz CT molecular complexity index is 1120. The summed E-state index contributed by atoms with van der Waals surface area (Å²) in [5, 5.41) is 4.90. The summed E-state index contributed by atoms with van der Waals surface area (Å²) in [4.78, 5) is 28.6. The summed E-state index contributed by atoms with van der Waals surface area (Å²) in [7, 11) is 0. The fourth-order valence-electron chi connectivity index (χ4n) is 5.50. The van der Waals surface area contributed by atoms with Gasteiger partial charge in [0.2, 0.25) is 0 Å². The second-order valence-corrected chi connectivity index (χ2v) is 10.8. The number of likely N-dealkylation sites (tertiary alicyclic amines) is 1. The van der Waals surface area contributed by atoms with Crippen molar-refractivity contribution in [1.29, 1.82) is 0 Å². The maximum atomic E-state index is 12.8. The fraction of sp³-hybridized carbons (Fsp3) is 0.542. The molecule has 0 aromatic carbocycles. The molecule has 1 saturated heterocycles. The number of thiocarbonyl (C=S) groups is 1. The molecule has 0 saturated carbocycles. The van der Waals surface area contributed by atoms with Crippen LogP contribution >= 0.6 is 23.6 Å². The van der Waals surface area contributed by atoms with Crippen molar-refractivity contribution in [2.75, 3.05) is 25.0 Å². The summed E-state index contributed by atoms with van der Waals surface area (Å²) in [6.45, 7) is 6.80. The van der Waals surface area contributed by atoms with Crippen LogP contribution in [-0.2, 0) is 24.1 Å². The Morgan fingerprint density at radius 1 is 1.31 bits per heavy atom. The van der Waals surface area contributed by atoms with Gasteiger partial charge in [-0.3, -0.25) is 4.79 Å². The topological polar surface area (TPSA) is 63.6 Å². The SMILES string of the molecule is CCOC(=O)c1c(NC(=S)N2C[C@H]3C[C@H](C2)c2cccc(=O)n2C3)sc2c1CC[C@H](C)C2. The van der Waals surface area contributed by atoms with Crippen LogP contribution in [-0.4, -0.2) is 40.2 Å². The molecule has 6 nitrogen and oxygen atoms in total. The number of fused-ring (bicyclic) bond motifs is 5. The largest absolute Gasteiger partial charge is 0.462 e. The number of thiophene rings is 1. The number of carbonyl (C=O) groups excluding carboxylic acids is 1. The fourth-order valence-corrected chi connectivity index (χ4v) is 7.21. The molecule has 8 heteroatoms. The van der Waals surface area contributed by atoms with Crippen molar-refractivity contribution in [3.63, 3.8) is 0 Å². The van der Waals surface area contributed by atoms with Gasteiger partial charge in [-0.05, 0) is 68.3 Å². The van der Waals surface area contributed by atoms with Crippen molar-refractivity contribution in [2.45, 2.75) is 52.0 Å². The van der Waals surface area contributed by atoms with Gasteiger partial charge in [-0.15, -0.1) is 11.3 Å². The molecule has 0 spiro atoms. The Morgan fingerprint density at radius 2 is 2.16 bits per heavy atom. The molecule has 32 heavy (non-hydrogen) atoms. The van der Waals surface area contributed by atoms with Gasteiger partial charge in [0.25, 0.3) is 5.56 Å². The monoisotopic (exact) mass is 471 g/mol. The number of carbonyl (C=O) groups is 1. The third-order valence-corrected chi connectivity index (χ3v) is 8.51. The summed E-state index contributed by atoms with van der Waals surface area (Å²) in [6, 6.07) is 5.56. The number of aromatic nitrogens is 1. The Kier molecular flexibility index (Phi) is 5.84. The van der Waals surface area contributed by atoms with Crippen molar-refractivity contribution < 1.29 is 9.53 Å². The van der Waals surface area contributed by atoms with Gasteiger partial charge in [0.15, 0.2) is 5.11 Å². The highest BCUT2D eigenvalue weighted by Gasteiger charge is 2.36. The minimum atomic E-state index is -0.256. The quantitative estimate of drug-likeness (QED) is 0.539. The highest BCUT2D eigenvalue weighted by molar-refractivity contribution is 7.80. The second-order valence-electron chi connectivity index (χ2n) is 9.31. The van der Waals surface area contributed by atoms with E-state index in [1.54, 1.807) is 17.4 Å². The van der Waals surface area contributed by atoms with Crippen LogP contribution in [0.15, 0.2) is 23.0 Å². The van der Waals surface area contributed by atoms with Gasteiger partial charge in [0, 0.05) is 42.2 Å². The Morgan fingerprint density at radius 3 is 2.97 bits per heavy atom. The summed E-state index contributed by atoms with van der Waals surface area (Å²) >= 11 is 7.49. The van der Waals surface area contributed by atoms with Gasteiger partial charge in [0.1, 0.15) is 5.00 Å². The van der Waals surface area contributed by atoms with E-state index in [1.165, 1.54) is 4.88 Å². The number of pyridine rings is 1. The van der Waals surface area contributed by atoms with Crippen molar-refractivity contribution >= 4 is 39.6 Å². The summed E-state index contributed by atoms with van der Waals surface area (Å²) in [5.74, 6) is 1.05. The number of nitrogens with zero attached hydrogens (tertiary/aromatic N) is 2. The van der Waals surface area contributed by atoms with Gasteiger partial charge in [-0.1, -0.05) is 13.0 Å². The smallest absolute Gasteiger partial charge is 0.341 e. The lowest BCUT2D eigenvalue weighted by molar-refractivity contribution is 0.0526. The van der Waals surface area contributed by atoms with Crippen molar-refractivity contribution in [3.05, 3.63) is 50.3 Å². The van der Waals surface area contributed by atoms with E-state index in [0.29, 0.717) is 29.1 Å². The van der Waals surface area contributed by atoms with Gasteiger partial charge in [-0.2, -0.15) is 0 Å².